The van der Waals surface area contributed by atoms with Crippen molar-refractivity contribution in [2.45, 2.75) is 18.8 Å². The second kappa shape index (κ2) is 10.5. The molecule has 0 aromatic heterocycles. The number of benzene rings is 2. The molecular weight excluding hydrogens is 340 g/mol. The maximum Gasteiger partial charge on any atom is 0.307 e. The Kier molecular flexibility index (Phi) is 8.01. The topological polar surface area (TPSA) is 69.6 Å². The van der Waals surface area contributed by atoms with Crippen LogP contribution in [0.1, 0.15) is 29.9 Å². The molecule has 2 N–H and O–H groups in total. The molecule has 0 bridgehead atoms. The fraction of sp³-hybridized carbons (Fsp3) is 0.364. The number of piperidine rings is 1. The first kappa shape index (κ1) is 20.6. The zero-order valence-electron chi connectivity index (χ0n) is 16.0. The standard InChI is InChI=1S/C16H17NO.C6H11NO2/c1-17(2)16(18)15(13-9-5-3-6-10-13)14-11-7-4-8-12-14;8-6(9)5-2-1-3-7-4-5/h3-12,15H,1-2H3;5,7H,1-4H2,(H,8,9). The average molecular weight is 368 g/mol. The number of aliphatic carboxylic acids is 1. The molecular formula is C22H28N2O3. The Hall–Kier alpha value is -2.66. The van der Waals surface area contributed by atoms with Crippen molar-refractivity contribution in [1.82, 2.24) is 10.2 Å². The van der Waals surface area contributed by atoms with Crippen LogP contribution in [0.2, 0.25) is 0 Å². The Morgan fingerprint density at radius 1 is 1.00 bits per heavy atom. The Morgan fingerprint density at radius 2 is 1.52 bits per heavy atom. The van der Waals surface area contributed by atoms with Gasteiger partial charge in [0.15, 0.2) is 0 Å². The van der Waals surface area contributed by atoms with Gasteiger partial charge in [0.05, 0.1) is 11.8 Å². The van der Waals surface area contributed by atoms with Gasteiger partial charge in [-0.05, 0) is 30.5 Å². The highest BCUT2D eigenvalue weighted by Gasteiger charge is 2.23. The highest BCUT2D eigenvalue weighted by atomic mass is 16.4. The lowest BCUT2D eigenvalue weighted by Crippen LogP contribution is -2.34. The summed E-state index contributed by atoms with van der Waals surface area (Å²) in [4.78, 5) is 24.3. The Balaban J connectivity index is 0.000000244. The summed E-state index contributed by atoms with van der Waals surface area (Å²) in [6, 6.07) is 19.8. The molecule has 1 amide bonds. The van der Waals surface area contributed by atoms with E-state index in [-0.39, 0.29) is 17.7 Å². The van der Waals surface area contributed by atoms with Gasteiger partial charge in [0.25, 0.3) is 0 Å². The number of hydrogen-bond acceptors (Lipinski definition) is 3. The molecule has 5 nitrogen and oxygen atoms in total. The number of amides is 1. The summed E-state index contributed by atoms with van der Waals surface area (Å²) in [5.41, 5.74) is 2.06. The van der Waals surface area contributed by atoms with Crippen LogP contribution in [0.3, 0.4) is 0 Å². The van der Waals surface area contributed by atoms with E-state index in [1.807, 2.05) is 60.7 Å². The van der Waals surface area contributed by atoms with E-state index in [1.54, 1.807) is 19.0 Å². The van der Waals surface area contributed by atoms with Gasteiger partial charge in [0, 0.05) is 20.6 Å². The highest BCUT2D eigenvalue weighted by Crippen LogP contribution is 2.25. The molecule has 0 radical (unpaired) electrons. The number of likely N-dealkylation sites (N-methyl/N-ethyl adjacent to an activating group) is 1. The normalized spacial score (nSPS) is 16.2. The molecule has 1 unspecified atom stereocenters. The molecule has 3 rings (SSSR count). The van der Waals surface area contributed by atoms with Crippen LogP contribution in [0.4, 0.5) is 0 Å². The third-order valence-corrected chi connectivity index (χ3v) is 4.60. The van der Waals surface area contributed by atoms with E-state index in [4.69, 9.17) is 5.11 Å². The van der Waals surface area contributed by atoms with Crippen molar-refractivity contribution in [3.63, 3.8) is 0 Å². The highest BCUT2D eigenvalue weighted by molar-refractivity contribution is 5.86. The van der Waals surface area contributed by atoms with Crippen LogP contribution in [-0.4, -0.2) is 49.1 Å². The predicted molar refractivity (Wildman–Crippen MR) is 107 cm³/mol. The summed E-state index contributed by atoms with van der Waals surface area (Å²) >= 11 is 0. The van der Waals surface area contributed by atoms with Gasteiger partial charge < -0.3 is 15.3 Å². The molecule has 1 fully saturated rings. The minimum atomic E-state index is -0.665. The van der Waals surface area contributed by atoms with E-state index in [9.17, 15) is 9.59 Å². The fourth-order valence-corrected chi connectivity index (χ4v) is 3.09. The molecule has 1 aliphatic rings. The number of nitrogens with zero attached hydrogens (tertiary/aromatic N) is 1. The minimum Gasteiger partial charge on any atom is -0.481 e. The quantitative estimate of drug-likeness (QED) is 0.870. The van der Waals surface area contributed by atoms with E-state index in [2.05, 4.69) is 5.32 Å². The number of hydrogen-bond donors (Lipinski definition) is 2. The van der Waals surface area contributed by atoms with Crippen LogP contribution in [-0.2, 0) is 9.59 Å². The van der Waals surface area contributed by atoms with Crippen molar-refractivity contribution >= 4 is 11.9 Å². The van der Waals surface area contributed by atoms with Crippen molar-refractivity contribution in [2.75, 3.05) is 27.2 Å². The third kappa shape index (κ3) is 6.22. The molecule has 2 aromatic rings. The lowest BCUT2D eigenvalue weighted by Gasteiger charge is -2.21. The first-order chi connectivity index (χ1) is 13.0. The maximum absolute atomic E-state index is 12.4. The van der Waals surface area contributed by atoms with Crippen molar-refractivity contribution in [3.8, 4) is 0 Å². The van der Waals surface area contributed by atoms with Crippen molar-refractivity contribution < 1.29 is 14.7 Å². The zero-order valence-corrected chi connectivity index (χ0v) is 16.0. The third-order valence-electron chi connectivity index (χ3n) is 4.60. The van der Waals surface area contributed by atoms with Gasteiger partial charge in [0.1, 0.15) is 0 Å². The van der Waals surface area contributed by atoms with Crippen molar-refractivity contribution in [1.29, 1.82) is 0 Å². The molecule has 1 heterocycles. The Labute approximate surface area is 161 Å². The lowest BCUT2D eigenvalue weighted by atomic mass is 9.90. The molecule has 1 atom stereocenters. The van der Waals surface area contributed by atoms with E-state index < -0.39 is 5.97 Å². The van der Waals surface area contributed by atoms with E-state index in [1.165, 1.54) is 0 Å². The Morgan fingerprint density at radius 3 is 1.85 bits per heavy atom. The summed E-state index contributed by atoms with van der Waals surface area (Å²) in [5, 5.41) is 11.5. The molecule has 144 valence electrons. The molecule has 1 saturated heterocycles. The summed E-state index contributed by atoms with van der Waals surface area (Å²) in [7, 11) is 3.59. The first-order valence-corrected chi connectivity index (χ1v) is 9.25. The number of rotatable bonds is 4. The van der Waals surface area contributed by atoms with Gasteiger partial charge in [-0.1, -0.05) is 60.7 Å². The van der Waals surface area contributed by atoms with Crippen LogP contribution in [0.25, 0.3) is 0 Å². The maximum atomic E-state index is 12.4. The van der Waals surface area contributed by atoms with Crippen LogP contribution in [0.15, 0.2) is 60.7 Å². The lowest BCUT2D eigenvalue weighted by molar-refractivity contribution is -0.142. The Bertz CT molecular complexity index is 671. The number of nitrogens with one attached hydrogen (secondary N) is 1. The summed E-state index contributed by atoms with van der Waals surface area (Å²) in [6.07, 6.45) is 1.83. The summed E-state index contributed by atoms with van der Waals surface area (Å²) in [6.45, 7) is 1.62. The number of carbonyl (C=O) groups is 2. The van der Waals surface area contributed by atoms with Gasteiger partial charge in [-0.15, -0.1) is 0 Å². The van der Waals surface area contributed by atoms with Crippen LogP contribution in [0.5, 0.6) is 0 Å². The largest absolute Gasteiger partial charge is 0.481 e. The van der Waals surface area contributed by atoms with Crippen LogP contribution < -0.4 is 5.32 Å². The van der Waals surface area contributed by atoms with Gasteiger partial charge >= 0.3 is 5.97 Å². The number of carboxylic acid groups (broad SMARTS) is 1. The molecule has 27 heavy (non-hydrogen) atoms. The SMILES string of the molecule is CN(C)C(=O)C(c1ccccc1)c1ccccc1.O=C(O)C1CCCNC1. The molecule has 0 saturated carbocycles. The second-order valence-electron chi connectivity index (χ2n) is 6.87. The van der Waals surface area contributed by atoms with Crippen LogP contribution in [0, 0.1) is 5.92 Å². The summed E-state index contributed by atoms with van der Waals surface area (Å²) < 4.78 is 0. The van der Waals surface area contributed by atoms with Crippen molar-refractivity contribution in [3.05, 3.63) is 71.8 Å². The summed E-state index contributed by atoms with van der Waals surface area (Å²) in [5.74, 6) is -0.921. The van der Waals surface area contributed by atoms with Crippen molar-refractivity contribution in [2.24, 2.45) is 5.92 Å². The van der Waals surface area contributed by atoms with E-state index >= 15 is 0 Å². The van der Waals surface area contributed by atoms with Gasteiger partial charge in [-0.2, -0.15) is 0 Å². The first-order valence-electron chi connectivity index (χ1n) is 9.25. The van der Waals surface area contributed by atoms with Crippen LogP contribution >= 0.6 is 0 Å². The monoisotopic (exact) mass is 368 g/mol. The zero-order chi connectivity index (χ0) is 19.6. The second-order valence-corrected chi connectivity index (χ2v) is 6.87. The van der Waals surface area contributed by atoms with Gasteiger partial charge in [-0.3, -0.25) is 9.59 Å². The molecule has 0 aliphatic carbocycles. The molecule has 0 spiro atoms. The average Bonchev–Trinajstić information content (AvgIpc) is 2.71. The predicted octanol–water partition coefficient (Wildman–Crippen LogP) is 2.98. The minimum absolute atomic E-state index is 0.104. The van der Waals surface area contributed by atoms with Gasteiger partial charge in [-0.25, -0.2) is 0 Å². The number of carbonyl (C=O) groups excluding carboxylic acids is 1. The smallest absolute Gasteiger partial charge is 0.307 e. The molecule has 2 aromatic carbocycles. The van der Waals surface area contributed by atoms with Gasteiger partial charge in [0.2, 0.25) is 5.91 Å². The molecule has 5 heteroatoms. The fourth-order valence-electron chi connectivity index (χ4n) is 3.09. The van der Waals surface area contributed by atoms with E-state index in [0.29, 0.717) is 6.54 Å². The number of carboxylic acids is 1. The van der Waals surface area contributed by atoms with E-state index in [0.717, 1.165) is 30.5 Å². The molecule has 1 aliphatic heterocycles.